The Morgan fingerprint density at radius 2 is 2.24 bits per heavy atom. The van der Waals surface area contributed by atoms with Gasteiger partial charge in [0.05, 0.1) is 6.61 Å². The molecule has 1 unspecified atom stereocenters. The van der Waals surface area contributed by atoms with Crippen LogP contribution in [0.5, 0.6) is 0 Å². The van der Waals surface area contributed by atoms with Gasteiger partial charge in [-0.15, -0.1) is 0 Å². The van der Waals surface area contributed by atoms with Crippen LogP contribution in [-0.4, -0.2) is 31.2 Å². The second-order valence-corrected chi connectivity index (χ2v) is 5.84. The Labute approximate surface area is 140 Å². The molecule has 0 amide bonds. The maximum atomic E-state index is 14.1. The maximum absolute atomic E-state index is 14.1. The van der Waals surface area contributed by atoms with E-state index in [0.717, 1.165) is 0 Å². The number of aliphatic hydroxyl groups is 1. The molecule has 4 aromatic rings. The Balaban J connectivity index is 2.02. The van der Waals surface area contributed by atoms with Crippen LogP contribution in [0.25, 0.3) is 28.1 Å². The summed E-state index contributed by atoms with van der Waals surface area (Å²) in [5, 5.41) is 25.6. The van der Waals surface area contributed by atoms with Crippen molar-refractivity contribution in [2.45, 2.75) is 19.8 Å². The van der Waals surface area contributed by atoms with Crippen molar-refractivity contribution >= 4 is 16.6 Å². The van der Waals surface area contributed by atoms with Crippen molar-refractivity contribution in [2.75, 3.05) is 6.61 Å². The molecule has 3 aromatic heterocycles. The number of aromatic nitrogens is 5. The average molecular weight is 343 g/mol. The topological polar surface area (TPSA) is 103 Å². The van der Waals surface area contributed by atoms with Crippen LogP contribution in [-0.2, 0) is 0 Å². The fraction of sp³-hybridized carbons (Fsp3) is 0.250. The summed E-state index contributed by atoms with van der Waals surface area (Å²) in [6.45, 7) is 3.21. The van der Waals surface area contributed by atoms with Crippen molar-refractivity contribution in [2.24, 2.45) is 0 Å². The number of para-hydroxylation sites is 1. The Bertz CT molecular complexity index is 1100. The molecular weight excluding hydrogens is 329 g/mol. The lowest BCUT2D eigenvalue weighted by Crippen LogP contribution is -2.33. The highest BCUT2D eigenvalue weighted by atomic mass is 19.1. The summed E-state index contributed by atoms with van der Waals surface area (Å²) in [5.74, 6) is -0.411. The Morgan fingerprint density at radius 3 is 3.00 bits per heavy atom. The van der Waals surface area contributed by atoms with Gasteiger partial charge >= 0.3 is 0 Å². The van der Waals surface area contributed by atoms with Gasteiger partial charge in [-0.1, -0.05) is 18.1 Å². The molecule has 3 heterocycles. The number of aryl methyl sites for hydroxylation is 1. The summed E-state index contributed by atoms with van der Waals surface area (Å²) < 4.78 is 21.5. The number of fused-ring (bicyclic) bond motifs is 3. The van der Waals surface area contributed by atoms with Gasteiger partial charge in [-0.3, -0.25) is 4.40 Å². The molecule has 0 spiro atoms. The minimum atomic E-state index is -0.607. The smallest absolute Gasteiger partial charge is 0.279 e. The van der Waals surface area contributed by atoms with Gasteiger partial charge in [0.25, 0.3) is 11.4 Å². The second kappa shape index (κ2) is 5.49. The van der Waals surface area contributed by atoms with Crippen molar-refractivity contribution in [1.29, 1.82) is 0 Å². The third-order valence-electron chi connectivity index (χ3n) is 4.20. The molecule has 1 N–H and O–H groups in total. The van der Waals surface area contributed by atoms with Crippen LogP contribution in [0.15, 0.2) is 29.0 Å². The van der Waals surface area contributed by atoms with Gasteiger partial charge in [-0.25, -0.2) is 4.98 Å². The predicted octanol–water partition coefficient (Wildman–Crippen LogP) is 1.71. The molecule has 8 nitrogen and oxygen atoms in total. The van der Waals surface area contributed by atoms with Gasteiger partial charge in [-0.05, 0) is 12.1 Å². The van der Waals surface area contributed by atoms with E-state index in [2.05, 4.69) is 15.1 Å². The van der Waals surface area contributed by atoms with E-state index >= 15 is 0 Å². The first kappa shape index (κ1) is 15.5. The summed E-state index contributed by atoms with van der Waals surface area (Å²) in [7, 11) is 0. The highest BCUT2D eigenvalue weighted by molar-refractivity contribution is 5.82. The SMILES string of the molecule is Cc1c2c(-c3nc(C(C)CO)no3)ncn2c2cccc(F)c2[n+]1[O-]. The molecule has 1 atom stereocenters. The van der Waals surface area contributed by atoms with Gasteiger partial charge in [0.1, 0.15) is 17.4 Å². The Morgan fingerprint density at radius 1 is 1.44 bits per heavy atom. The lowest BCUT2D eigenvalue weighted by molar-refractivity contribution is -0.584. The monoisotopic (exact) mass is 343 g/mol. The molecule has 128 valence electrons. The molecule has 0 saturated heterocycles. The number of imidazole rings is 1. The molecule has 25 heavy (non-hydrogen) atoms. The third kappa shape index (κ3) is 2.16. The van der Waals surface area contributed by atoms with E-state index in [4.69, 9.17) is 4.52 Å². The normalized spacial score (nSPS) is 13.0. The van der Waals surface area contributed by atoms with Crippen LogP contribution in [0.4, 0.5) is 4.39 Å². The summed E-state index contributed by atoms with van der Waals surface area (Å²) >= 11 is 0. The summed E-state index contributed by atoms with van der Waals surface area (Å²) in [6.07, 6.45) is 1.48. The third-order valence-corrected chi connectivity index (χ3v) is 4.20. The van der Waals surface area contributed by atoms with Crippen LogP contribution >= 0.6 is 0 Å². The number of nitrogens with zero attached hydrogens (tertiary/aromatic N) is 5. The Hall–Kier alpha value is -3.07. The zero-order chi connectivity index (χ0) is 17.7. The van der Waals surface area contributed by atoms with Crippen molar-refractivity contribution in [3.05, 3.63) is 47.1 Å². The second-order valence-electron chi connectivity index (χ2n) is 5.84. The summed E-state index contributed by atoms with van der Waals surface area (Å²) in [6, 6.07) is 4.40. The van der Waals surface area contributed by atoms with E-state index in [9.17, 15) is 14.7 Å². The lowest BCUT2D eigenvalue weighted by atomic mass is 10.2. The zero-order valence-corrected chi connectivity index (χ0v) is 13.5. The van der Waals surface area contributed by atoms with Crippen molar-refractivity contribution in [1.82, 2.24) is 19.5 Å². The number of rotatable bonds is 3. The molecule has 1 aromatic carbocycles. The first-order chi connectivity index (χ1) is 12.0. The van der Waals surface area contributed by atoms with E-state index in [0.29, 0.717) is 27.3 Å². The number of hydrogen-bond donors (Lipinski definition) is 1. The van der Waals surface area contributed by atoms with Crippen LogP contribution in [0.1, 0.15) is 24.4 Å². The first-order valence-electron chi connectivity index (χ1n) is 7.65. The summed E-state index contributed by atoms with van der Waals surface area (Å²) in [4.78, 5) is 8.52. The fourth-order valence-corrected chi connectivity index (χ4v) is 2.81. The average Bonchev–Trinajstić information content (AvgIpc) is 3.25. The first-order valence-corrected chi connectivity index (χ1v) is 7.65. The Kier molecular flexibility index (Phi) is 3.39. The molecule has 0 aliphatic rings. The number of halogens is 1. The standard InChI is InChI=1S/C16H14FN5O3/c1-8(6-23)15-19-16(25-20-15)12-13-9(2)22(24)14-10(17)4-3-5-11(14)21(13)7-18-12/h3-5,7-8,23H,6H2,1-2H3. The van der Waals surface area contributed by atoms with Crippen LogP contribution < -0.4 is 4.73 Å². The highest BCUT2D eigenvalue weighted by Gasteiger charge is 2.25. The molecule has 0 saturated carbocycles. The minimum absolute atomic E-state index is 0.0587. The van der Waals surface area contributed by atoms with Crippen LogP contribution in [0.2, 0.25) is 0 Å². The highest BCUT2D eigenvalue weighted by Crippen LogP contribution is 2.27. The molecule has 0 fully saturated rings. The van der Waals surface area contributed by atoms with Crippen molar-refractivity contribution in [3.63, 3.8) is 0 Å². The summed E-state index contributed by atoms with van der Waals surface area (Å²) in [5.41, 5.74) is 1.38. The van der Waals surface area contributed by atoms with Crippen LogP contribution in [0, 0.1) is 17.9 Å². The number of benzene rings is 1. The fourth-order valence-electron chi connectivity index (χ4n) is 2.81. The zero-order valence-electron chi connectivity index (χ0n) is 13.5. The molecule has 0 bridgehead atoms. The van der Waals surface area contributed by atoms with E-state index in [-0.39, 0.29) is 29.6 Å². The molecule has 0 radical (unpaired) electrons. The van der Waals surface area contributed by atoms with E-state index in [1.54, 1.807) is 24.3 Å². The van der Waals surface area contributed by atoms with Crippen molar-refractivity contribution < 1.29 is 18.8 Å². The molecule has 0 aliphatic carbocycles. The van der Waals surface area contributed by atoms with Crippen molar-refractivity contribution in [3.8, 4) is 11.6 Å². The maximum Gasteiger partial charge on any atom is 0.279 e. The molecular formula is C16H14FN5O3. The van der Waals surface area contributed by atoms with Gasteiger partial charge in [0.2, 0.25) is 5.69 Å². The largest absolute Gasteiger partial charge is 0.618 e. The van der Waals surface area contributed by atoms with E-state index < -0.39 is 5.82 Å². The number of aliphatic hydroxyl groups excluding tert-OH is 1. The lowest BCUT2D eigenvalue weighted by Gasteiger charge is -2.08. The quantitative estimate of drug-likeness (QED) is 0.449. The predicted molar refractivity (Wildman–Crippen MR) is 85.1 cm³/mol. The van der Waals surface area contributed by atoms with Crippen LogP contribution in [0.3, 0.4) is 0 Å². The van der Waals surface area contributed by atoms with Gasteiger partial charge in [0, 0.05) is 12.8 Å². The van der Waals surface area contributed by atoms with E-state index in [1.165, 1.54) is 18.5 Å². The van der Waals surface area contributed by atoms with Gasteiger partial charge in [-0.2, -0.15) is 14.1 Å². The molecule has 9 heteroatoms. The number of hydrogen-bond acceptors (Lipinski definition) is 6. The molecule has 0 aliphatic heterocycles. The van der Waals surface area contributed by atoms with Gasteiger partial charge in [0.15, 0.2) is 17.3 Å². The minimum Gasteiger partial charge on any atom is -0.618 e. The van der Waals surface area contributed by atoms with E-state index in [1.807, 2.05) is 0 Å². The molecule has 4 rings (SSSR count). The van der Waals surface area contributed by atoms with Gasteiger partial charge < -0.3 is 14.8 Å².